The number of aliphatic imine (C=N–C) groups is 1. The molecule has 2 aliphatic rings. The Morgan fingerprint density at radius 1 is 1.12 bits per heavy atom. The van der Waals surface area contributed by atoms with Crippen LogP contribution in [-0.4, -0.2) is 30.7 Å². The largest absolute Gasteiger partial charge is 0.454 e. The number of anilines is 1. The van der Waals surface area contributed by atoms with Gasteiger partial charge in [-0.05, 0) is 48.4 Å². The van der Waals surface area contributed by atoms with Crippen molar-refractivity contribution >= 4 is 23.1 Å². The first kappa shape index (κ1) is 16.3. The van der Waals surface area contributed by atoms with E-state index >= 15 is 0 Å². The molecule has 132 valence electrons. The van der Waals surface area contributed by atoms with Crippen LogP contribution in [0.4, 0.5) is 5.69 Å². The second kappa shape index (κ2) is 6.63. The molecule has 0 radical (unpaired) electrons. The molecule has 0 aliphatic carbocycles. The van der Waals surface area contributed by atoms with Gasteiger partial charge in [0, 0.05) is 30.3 Å². The Kier molecular flexibility index (Phi) is 4.16. The minimum Gasteiger partial charge on any atom is -0.454 e. The maximum absolute atomic E-state index is 12.7. The molecule has 0 saturated heterocycles. The summed E-state index contributed by atoms with van der Waals surface area (Å²) in [7, 11) is 0. The fraction of sp³-hybridized carbons (Fsp3) is 0.250. The van der Waals surface area contributed by atoms with Crippen molar-refractivity contribution in [2.24, 2.45) is 4.99 Å². The van der Waals surface area contributed by atoms with Gasteiger partial charge in [0.05, 0.1) is 12.1 Å². The summed E-state index contributed by atoms with van der Waals surface area (Å²) in [4.78, 5) is 28.3. The Hall–Kier alpha value is -3.15. The lowest BCUT2D eigenvalue weighted by molar-refractivity contribution is -0.114. The Morgan fingerprint density at radius 2 is 1.85 bits per heavy atom. The molecule has 0 spiro atoms. The maximum atomic E-state index is 12.7. The van der Waals surface area contributed by atoms with Crippen LogP contribution in [0.2, 0.25) is 0 Å². The summed E-state index contributed by atoms with van der Waals surface area (Å²) in [6.45, 7) is 2.34. The highest BCUT2D eigenvalue weighted by atomic mass is 16.7. The van der Waals surface area contributed by atoms with E-state index in [1.54, 1.807) is 24.3 Å². The number of amides is 1. The molecule has 2 aromatic carbocycles. The van der Waals surface area contributed by atoms with Gasteiger partial charge in [-0.25, -0.2) is 0 Å². The number of nitrogens with zero attached hydrogens (tertiary/aromatic N) is 1. The maximum Gasteiger partial charge on any atom is 0.231 e. The van der Waals surface area contributed by atoms with Gasteiger partial charge in [0.25, 0.3) is 0 Å². The fourth-order valence-electron chi connectivity index (χ4n) is 3.20. The number of benzene rings is 2. The van der Waals surface area contributed by atoms with E-state index in [-0.39, 0.29) is 24.9 Å². The minimum absolute atomic E-state index is 0.0105. The highest BCUT2D eigenvalue weighted by molar-refractivity contribution is 6.17. The van der Waals surface area contributed by atoms with Crippen LogP contribution in [0.1, 0.15) is 34.8 Å². The van der Waals surface area contributed by atoms with Gasteiger partial charge in [-0.15, -0.1) is 0 Å². The Labute approximate surface area is 150 Å². The molecule has 2 heterocycles. The first-order valence-corrected chi connectivity index (χ1v) is 8.47. The van der Waals surface area contributed by atoms with E-state index in [0.29, 0.717) is 23.5 Å². The van der Waals surface area contributed by atoms with Crippen LogP contribution in [0.15, 0.2) is 41.4 Å². The van der Waals surface area contributed by atoms with Crippen LogP contribution >= 0.6 is 0 Å². The SMILES string of the molecule is CC(=O)Nc1ccc(C(=O)CC2=NCCc3cc4c(cc32)OCO4)cc1. The normalized spacial score (nSPS) is 14.4. The number of ether oxygens (including phenoxy) is 2. The van der Waals surface area contributed by atoms with Gasteiger partial charge in [-0.2, -0.15) is 0 Å². The average Bonchev–Trinajstić information content (AvgIpc) is 3.07. The number of hydrogen-bond donors (Lipinski definition) is 1. The highest BCUT2D eigenvalue weighted by Crippen LogP contribution is 2.36. The second-order valence-corrected chi connectivity index (χ2v) is 6.30. The number of hydrogen-bond acceptors (Lipinski definition) is 5. The lowest BCUT2D eigenvalue weighted by Gasteiger charge is -2.17. The number of fused-ring (bicyclic) bond motifs is 2. The Bertz CT molecular complexity index is 916. The van der Waals surface area contributed by atoms with E-state index in [1.165, 1.54) is 6.92 Å². The van der Waals surface area contributed by atoms with Gasteiger partial charge in [0.1, 0.15) is 0 Å². The third-order valence-electron chi connectivity index (χ3n) is 4.45. The summed E-state index contributed by atoms with van der Waals surface area (Å²) in [5.74, 6) is 1.30. The standard InChI is InChI=1S/C20H18N2O4/c1-12(23)22-15-4-2-13(3-5-15)18(24)10-17-16-9-20-19(25-11-26-20)8-14(16)6-7-21-17/h2-5,8-9H,6-7,10-11H2,1H3,(H,22,23). The Morgan fingerprint density at radius 3 is 2.58 bits per heavy atom. The van der Waals surface area contributed by atoms with Crippen molar-refractivity contribution in [1.29, 1.82) is 0 Å². The summed E-state index contributed by atoms with van der Waals surface area (Å²) in [6.07, 6.45) is 1.06. The molecule has 2 aliphatic heterocycles. The van der Waals surface area contributed by atoms with Gasteiger partial charge >= 0.3 is 0 Å². The third kappa shape index (κ3) is 3.18. The van der Waals surface area contributed by atoms with E-state index in [0.717, 1.165) is 29.0 Å². The number of Topliss-reactive ketones (excluding diaryl/α,β-unsaturated/α-hetero) is 1. The van der Waals surface area contributed by atoms with Crippen LogP contribution < -0.4 is 14.8 Å². The molecule has 0 bridgehead atoms. The van der Waals surface area contributed by atoms with Crippen molar-refractivity contribution in [2.45, 2.75) is 19.8 Å². The van der Waals surface area contributed by atoms with E-state index in [2.05, 4.69) is 10.3 Å². The monoisotopic (exact) mass is 350 g/mol. The topological polar surface area (TPSA) is 77.0 Å². The molecule has 6 heteroatoms. The minimum atomic E-state index is -0.143. The van der Waals surface area contributed by atoms with Gasteiger partial charge in [0.15, 0.2) is 17.3 Å². The van der Waals surface area contributed by atoms with Crippen LogP contribution in [0, 0.1) is 0 Å². The van der Waals surface area contributed by atoms with Crippen molar-refractivity contribution in [2.75, 3.05) is 18.7 Å². The van der Waals surface area contributed by atoms with Crippen molar-refractivity contribution in [3.63, 3.8) is 0 Å². The number of nitrogens with one attached hydrogen (secondary N) is 1. The summed E-state index contributed by atoms with van der Waals surface area (Å²) < 4.78 is 10.9. The molecular weight excluding hydrogens is 332 g/mol. The van der Waals surface area contributed by atoms with E-state index in [1.807, 2.05) is 12.1 Å². The van der Waals surface area contributed by atoms with Gasteiger partial charge in [-0.3, -0.25) is 14.6 Å². The molecule has 1 N–H and O–H groups in total. The van der Waals surface area contributed by atoms with Crippen LogP contribution in [0.5, 0.6) is 11.5 Å². The third-order valence-corrected chi connectivity index (χ3v) is 4.45. The zero-order chi connectivity index (χ0) is 18.1. The fourth-order valence-corrected chi connectivity index (χ4v) is 3.20. The number of rotatable bonds is 4. The molecule has 1 amide bonds. The first-order chi connectivity index (χ1) is 12.6. The number of ketones is 1. The van der Waals surface area contributed by atoms with E-state index < -0.39 is 0 Å². The van der Waals surface area contributed by atoms with Crippen LogP contribution in [0.25, 0.3) is 0 Å². The lowest BCUT2D eigenvalue weighted by atomic mass is 9.93. The highest BCUT2D eigenvalue weighted by Gasteiger charge is 2.23. The molecule has 2 aromatic rings. The zero-order valence-corrected chi connectivity index (χ0v) is 14.4. The molecule has 0 atom stereocenters. The summed E-state index contributed by atoms with van der Waals surface area (Å²) >= 11 is 0. The molecule has 26 heavy (non-hydrogen) atoms. The van der Waals surface area contributed by atoms with Gasteiger partial charge in [-0.1, -0.05) is 0 Å². The number of carbonyl (C=O) groups is 2. The lowest BCUT2D eigenvalue weighted by Crippen LogP contribution is -2.17. The van der Waals surface area contributed by atoms with E-state index in [9.17, 15) is 9.59 Å². The molecule has 4 rings (SSSR count). The van der Waals surface area contributed by atoms with Crippen molar-refractivity contribution in [1.82, 2.24) is 0 Å². The molecule has 6 nitrogen and oxygen atoms in total. The quantitative estimate of drug-likeness (QED) is 0.860. The Balaban J connectivity index is 1.53. The average molecular weight is 350 g/mol. The predicted molar refractivity (Wildman–Crippen MR) is 97.4 cm³/mol. The second-order valence-electron chi connectivity index (χ2n) is 6.30. The molecule has 0 aromatic heterocycles. The van der Waals surface area contributed by atoms with Crippen LogP contribution in [-0.2, 0) is 11.2 Å². The summed E-state index contributed by atoms with van der Waals surface area (Å²) in [5.41, 5.74) is 4.13. The smallest absolute Gasteiger partial charge is 0.231 e. The number of carbonyl (C=O) groups excluding carboxylic acids is 2. The van der Waals surface area contributed by atoms with Crippen molar-refractivity contribution in [3.05, 3.63) is 53.1 Å². The molecule has 0 saturated carbocycles. The van der Waals surface area contributed by atoms with Crippen LogP contribution in [0.3, 0.4) is 0 Å². The van der Waals surface area contributed by atoms with Crippen molar-refractivity contribution in [3.8, 4) is 11.5 Å². The summed E-state index contributed by atoms with van der Waals surface area (Å²) in [5, 5.41) is 2.69. The molecular formula is C20H18N2O4. The van der Waals surface area contributed by atoms with E-state index in [4.69, 9.17) is 9.47 Å². The van der Waals surface area contributed by atoms with Crippen molar-refractivity contribution < 1.29 is 19.1 Å². The predicted octanol–water partition coefficient (Wildman–Crippen LogP) is 2.99. The zero-order valence-electron chi connectivity index (χ0n) is 14.4. The molecule has 0 unspecified atom stereocenters. The summed E-state index contributed by atoms with van der Waals surface area (Å²) in [6, 6.07) is 10.8. The van der Waals surface area contributed by atoms with Gasteiger partial charge < -0.3 is 14.8 Å². The van der Waals surface area contributed by atoms with Gasteiger partial charge in [0.2, 0.25) is 12.7 Å². The first-order valence-electron chi connectivity index (χ1n) is 8.47. The molecule has 0 fully saturated rings.